The molecule has 20 atom stereocenters. The molecular weight excluding hydrogens is 740 g/mol. The van der Waals surface area contributed by atoms with Gasteiger partial charge in [-0.25, -0.2) is 0 Å². The number of nitrogens with one attached hydrogen (secondary N) is 1. The van der Waals surface area contributed by atoms with Crippen molar-refractivity contribution < 1.29 is 88.6 Å². The lowest BCUT2D eigenvalue weighted by Gasteiger charge is -2.51. The second kappa shape index (κ2) is 19.6. The zero-order valence-electron chi connectivity index (χ0n) is 29.9. The van der Waals surface area contributed by atoms with Gasteiger partial charge >= 0.3 is 0 Å². The first-order valence-corrected chi connectivity index (χ1v) is 17.8. The van der Waals surface area contributed by atoms with Crippen molar-refractivity contribution in [2.45, 2.75) is 136 Å². The quantitative estimate of drug-likeness (QED) is 0.0832. The Morgan fingerprint density at radius 3 is 1.53 bits per heavy atom. The minimum atomic E-state index is -1.67. The van der Waals surface area contributed by atoms with E-state index in [1.807, 2.05) is 0 Å². The first-order chi connectivity index (χ1) is 26.2. The normalized spacial score (nSPS) is 45.3. The van der Waals surface area contributed by atoms with Crippen molar-refractivity contribution in [3.8, 4) is 0 Å². The fourth-order valence-corrected chi connectivity index (χ4v) is 6.85. The molecule has 0 bridgehead atoms. The van der Waals surface area contributed by atoms with Crippen LogP contribution in [0.15, 0.2) is 30.3 Å². The van der Waals surface area contributed by atoms with Crippen LogP contribution in [0, 0.1) is 0 Å². The van der Waals surface area contributed by atoms with Crippen LogP contribution in [0.2, 0.25) is 0 Å². The molecule has 1 amide bonds. The number of hydrogen-bond donors (Lipinski definition) is 13. The molecule has 22 heteroatoms. The van der Waals surface area contributed by atoms with Gasteiger partial charge in [0.1, 0.15) is 79.3 Å². The summed E-state index contributed by atoms with van der Waals surface area (Å²) >= 11 is 0. The van der Waals surface area contributed by atoms with E-state index in [1.165, 1.54) is 6.92 Å². The zero-order valence-corrected chi connectivity index (χ0v) is 29.9. The number of rotatable bonds is 14. The molecule has 314 valence electrons. The third kappa shape index (κ3) is 9.96. The van der Waals surface area contributed by atoms with Gasteiger partial charge in [-0.2, -0.15) is 0 Å². The van der Waals surface area contributed by atoms with Crippen LogP contribution in [-0.2, 0) is 49.3 Å². The summed E-state index contributed by atoms with van der Waals surface area (Å²) in [4.78, 5) is 12.8. The molecule has 0 spiro atoms. The summed E-state index contributed by atoms with van der Waals surface area (Å²) in [5.74, 6) is -0.602. The largest absolute Gasteiger partial charge is 0.394 e. The number of carbonyl (C=O) groups excluding carboxylic acids is 1. The van der Waals surface area contributed by atoms with Crippen LogP contribution in [-0.4, -0.2) is 201 Å². The van der Waals surface area contributed by atoms with Crippen LogP contribution in [0.4, 0.5) is 0 Å². The summed E-state index contributed by atoms with van der Waals surface area (Å²) in [5.41, 5.74) is 19.3. The highest BCUT2D eigenvalue weighted by atomic mass is 16.8. The molecule has 55 heavy (non-hydrogen) atoms. The van der Waals surface area contributed by atoms with Crippen LogP contribution in [0.3, 0.4) is 0 Å². The molecule has 0 unspecified atom stereocenters. The number of aliphatic hydroxyl groups excluding tert-OH is 9. The van der Waals surface area contributed by atoms with Crippen molar-refractivity contribution in [1.29, 1.82) is 0 Å². The SMILES string of the molecule is CC(=O)N[C@H]1[C@@H](OCc2ccccc2)O[C@H](CO[C@@H]2O[C@H](CO)[C@@H](O)[C@H](O)[C@H]2N)[C@@H](O[C@@H]2O[C@H](CO)[C@@H](O)[C@H](O)[C@H]2N)[C@@H]1O[C@@H]1O[C@H](CO)[C@@H](O)[C@H](O)[C@H]1N. The average Bonchev–Trinajstić information content (AvgIpc) is 3.18. The third-order valence-electron chi connectivity index (χ3n) is 10.1. The molecule has 0 radical (unpaired) electrons. The maximum atomic E-state index is 12.8. The van der Waals surface area contributed by atoms with E-state index in [1.54, 1.807) is 30.3 Å². The number of hydrogen-bond acceptors (Lipinski definition) is 21. The standard InChI is InChI=1S/C33H54N4O18/c1-12(41)37-21-29(55-32-20(36)27(47)24(44)16(9-40)52-32)28(54-31-19(35)26(46)23(43)15(8-39)51-31)17(53-33(21)48-10-13-5-3-2-4-6-13)11-49-30-18(34)25(45)22(42)14(7-38)50-30/h2-6,14-33,38-40,42-47H,7-11,34-36H2,1H3,(H,37,41)/t14-,15-,16-,17-,18-,19-,20-,21-,22-,23-,24-,25-,26-,27-,28-,29-,30-,31+,32+,33+/m1/s1. The van der Waals surface area contributed by atoms with E-state index in [4.69, 9.17) is 55.1 Å². The molecule has 1 aromatic rings. The van der Waals surface area contributed by atoms with E-state index < -0.39 is 155 Å². The third-order valence-corrected chi connectivity index (χ3v) is 10.1. The summed E-state index contributed by atoms with van der Waals surface area (Å²) in [6.07, 6.45) is -24.2. The Morgan fingerprint density at radius 1 is 0.618 bits per heavy atom. The minimum absolute atomic E-state index is 0.0674. The van der Waals surface area contributed by atoms with Gasteiger partial charge in [-0.15, -0.1) is 0 Å². The Balaban J connectivity index is 1.54. The molecule has 22 nitrogen and oxygen atoms in total. The van der Waals surface area contributed by atoms with E-state index >= 15 is 0 Å². The Morgan fingerprint density at radius 2 is 1.05 bits per heavy atom. The molecule has 5 rings (SSSR count). The van der Waals surface area contributed by atoms with Crippen LogP contribution in [0.5, 0.6) is 0 Å². The number of nitrogens with two attached hydrogens (primary N) is 3. The van der Waals surface area contributed by atoms with Crippen molar-refractivity contribution in [3.05, 3.63) is 35.9 Å². The highest BCUT2D eigenvalue weighted by Crippen LogP contribution is 2.34. The average molecular weight is 795 g/mol. The summed E-state index contributed by atoms with van der Waals surface area (Å²) in [7, 11) is 0. The summed E-state index contributed by atoms with van der Waals surface area (Å²) in [6.45, 7) is -1.62. The highest BCUT2D eigenvalue weighted by molar-refractivity contribution is 5.73. The van der Waals surface area contributed by atoms with Gasteiger partial charge < -0.3 is 106 Å². The topological polar surface area (TPSA) is 363 Å². The van der Waals surface area contributed by atoms with E-state index in [-0.39, 0.29) is 6.61 Å². The van der Waals surface area contributed by atoms with Gasteiger partial charge in [0.2, 0.25) is 5.91 Å². The zero-order chi connectivity index (χ0) is 40.1. The molecule has 0 aromatic heterocycles. The summed E-state index contributed by atoms with van der Waals surface area (Å²) in [5, 5.41) is 95.6. The monoisotopic (exact) mass is 794 g/mol. The van der Waals surface area contributed by atoms with Crippen LogP contribution in [0.1, 0.15) is 12.5 Å². The van der Waals surface area contributed by atoms with Gasteiger partial charge in [-0.05, 0) is 5.56 Å². The molecular formula is C33H54N4O18. The lowest BCUT2D eigenvalue weighted by atomic mass is 9.93. The first-order valence-electron chi connectivity index (χ1n) is 17.8. The Bertz CT molecular complexity index is 1340. The molecule has 0 saturated carbocycles. The van der Waals surface area contributed by atoms with E-state index in [0.717, 1.165) is 0 Å². The Labute approximate surface area is 315 Å². The second-order valence-corrected chi connectivity index (χ2v) is 14.0. The number of benzene rings is 1. The lowest BCUT2D eigenvalue weighted by molar-refractivity contribution is -0.363. The fraction of sp³-hybridized carbons (Fsp3) is 0.788. The van der Waals surface area contributed by atoms with Crippen LogP contribution >= 0.6 is 0 Å². The van der Waals surface area contributed by atoms with Crippen molar-refractivity contribution in [2.24, 2.45) is 17.2 Å². The Hall–Kier alpha value is -2.11. The second-order valence-electron chi connectivity index (χ2n) is 14.0. The predicted molar refractivity (Wildman–Crippen MR) is 180 cm³/mol. The first kappa shape index (κ1) is 44.0. The van der Waals surface area contributed by atoms with Crippen molar-refractivity contribution in [2.75, 3.05) is 26.4 Å². The maximum Gasteiger partial charge on any atom is 0.217 e. The smallest absolute Gasteiger partial charge is 0.217 e. The van der Waals surface area contributed by atoms with Gasteiger partial charge in [-0.1, -0.05) is 30.3 Å². The number of carbonyl (C=O) groups is 1. The lowest BCUT2D eigenvalue weighted by Crippen LogP contribution is -2.71. The van der Waals surface area contributed by atoms with Crippen molar-refractivity contribution in [1.82, 2.24) is 5.32 Å². The van der Waals surface area contributed by atoms with Crippen molar-refractivity contribution >= 4 is 5.91 Å². The van der Waals surface area contributed by atoms with Crippen LogP contribution < -0.4 is 22.5 Å². The van der Waals surface area contributed by atoms with Gasteiger partial charge in [0.25, 0.3) is 0 Å². The van der Waals surface area contributed by atoms with E-state index in [0.29, 0.717) is 5.56 Å². The van der Waals surface area contributed by atoms with Gasteiger partial charge in [-0.3, -0.25) is 4.79 Å². The maximum absolute atomic E-state index is 12.8. The summed E-state index contributed by atoms with van der Waals surface area (Å²) < 4.78 is 48.4. The van der Waals surface area contributed by atoms with E-state index in [2.05, 4.69) is 5.32 Å². The molecule has 4 fully saturated rings. The summed E-state index contributed by atoms with van der Waals surface area (Å²) in [6, 6.07) is 3.33. The number of aliphatic hydroxyl groups is 9. The van der Waals surface area contributed by atoms with Crippen LogP contribution in [0.25, 0.3) is 0 Å². The Kier molecular flexibility index (Phi) is 15.6. The fourth-order valence-electron chi connectivity index (χ4n) is 6.85. The molecule has 4 heterocycles. The number of amides is 1. The van der Waals surface area contributed by atoms with E-state index in [9.17, 15) is 50.8 Å². The molecule has 1 aromatic carbocycles. The molecule has 0 aliphatic carbocycles. The minimum Gasteiger partial charge on any atom is -0.394 e. The molecule has 4 saturated heterocycles. The molecule has 4 aliphatic rings. The molecule has 4 aliphatic heterocycles. The van der Waals surface area contributed by atoms with Crippen molar-refractivity contribution in [3.63, 3.8) is 0 Å². The van der Waals surface area contributed by atoms with Gasteiger partial charge in [0.15, 0.2) is 25.2 Å². The highest BCUT2D eigenvalue weighted by Gasteiger charge is 2.55. The molecule has 16 N–H and O–H groups in total. The predicted octanol–water partition coefficient (Wildman–Crippen LogP) is -7.48. The van der Waals surface area contributed by atoms with Gasteiger partial charge in [0, 0.05) is 6.92 Å². The van der Waals surface area contributed by atoms with Gasteiger partial charge in [0.05, 0.1) is 51.2 Å². The number of ether oxygens (including phenoxy) is 8.